The lowest BCUT2D eigenvalue weighted by Gasteiger charge is -2.50. The Morgan fingerprint density at radius 3 is 1.80 bits per heavy atom. The second kappa shape index (κ2) is 11.7. The van der Waals surface area contributed by atoms with Gasteiger partial charge in [0.25, 0.3) is 0 Å². The summed E-state index contributed by atoms with van der Waals surface area (Å²) >= 11 is 6.39. The number of esters is 2. The third-order valence-corrected chi connectivity index (χ3v) is 11.2. The Balaban J connectivity index is 1.10. The number of aliphatic hydroxyl groups is 1. The number of hydrogen-bond acceptors (Lipinski definition) is 5. The normalized spacial score (nSPS) is 20.0. The molecule has 1 N–H and O–H groups in total. The molecule has 4 aliphatic rings. The summed E-state index contributed by atoms with van der Waals surface area (Å²) in [5.41, 5.74) is 7.61. The zero-order valence-corrected chi connectivity index (χ0v) is 28.1. The van der Waals surface area contributed by atoms with E-state index in [2.05, 4.69) is 30.8 Å². The molecular formula is C45H31ClO5. The Hall–Kier alpha value is -5.75. The molecule has 0 radical (unpaired) electrons. The summed E-state index contributed by atoms with van der Waals surface area (Å²) in [4.78, 5) is 26.0. The first-order valence-corrected chi connectivity index (χ1v) is 17.3. The minimum absolute atomic E-state index is 0.0853. The van der Waals surface area contributed by atoms with Gasteiger partial charge in [-0.1, -0.05) is 121 Å². The molecule has 6 aromatic carbocycles. The van der Waals surface area contributed by atoms with Crippen LogP contribution in [0.1, 0.15) is 56.8 Å². The van der Waals surface area contributed by atoms with E-state index in [4.69, 9.17) is 21.1 Å². The molecule has 0 heterocycles. The Kier molecular flexibility index (Phi) is 7.14. The molecule has 3 unspecified atom stereocenters. The van der Waals surface area contributed by atoms with E-state index in [1.807, 2.05) is 97.1 Å². The molecule has 5 nitrogen and oxygen atoms in total. The molecule has 6 aromatic rings. The van der Waals surface area contributed by atoms with E-state index in [0.717, 1.165) is 56.1 Å². The molecule has 0 spiro atoms. The Morgan fingerprint density at radius 2 is 1.20 bits per heavy atom. The standard InChI is InChI=1S/C45H31ClO5/c1-2-42(47)50-30-20-15-27(16-21-30)44(37-12-6-3-9-32(37)33-10-4-7-13-38(33)44)28-17-22-31(23-18-28)51-43(48)41-26-35-34-11-5-8-14-39(34)45(41,49)40-24-19-29(46)25-36(35)40/h2-25,35,41,49H,1,26H2. The van der Waals surface area contributed by atoms with Crippen LogP contribution in [0.15, 0.2) is 152 Å². The van der Waals surface area contributed by atoms with Crippen LogP contribution < -0.4 is 9.47 Å². The van der Waals surface area contributed by atoms with Gasteiger partial charge < -0.3 is 14.6 Å². The van der Waals surface area contributed by atoms with Crippen LogP contribution in [0.5, 0.6) is 11.5 Å². The highest BCUT2D eigenvalue weighted by molar-refractivity contribution is 6.30. The Bertz CT molecular complexity index is 2350. The number of halogens is 1. The lowest BCUT2D eigenvalue weighted by Crippen LogP contribution is -2.51. The monoisotopic (exact) mass is 686 g/mol. The molecule has 0 saturated heterocycles. The van der Waals surface area contributed by atoms with Crippen LogP contribution >= 0.6 is 11.6 Å². The fourth-order valence-corrected chi connectivity index (χ4v) is 9.03. The summed E-state index contributed by atoms with van der Waals surface area (Å²) in [6.45, 7) is 3.50. The number of benzene rings is 6. The SMILES string of the molecule is C=CC(=O)Oc1ccc(C2(c3ccc(OC(=O)C4CC5c6ccccc6C4(O)c4ccc(Cl)cc45)cc3)c3ccccc3-c3ccccc32)cc1. The van der Waals surface area contributed by atoms with Gasteiger partial charge in [-0.25, -0.2) is 4.79 Å². The van der Waals surface area contributed by atoms with Crippen molar-refractivity contribution in [3.8, 4) is 22.6 Å². The molecule has 0 amide bonds. The largest absolute Gasteiger partial charge is 0.426 e. The Morgan fingerprint density at radius 1 is 0.667 bits per heavy atom. The number of carbonyl (C=O) groups excluding carboxylic acids is 2. The van der Waals surface area contributed by atoms with Crippen LogP contribution in [0.4, 0.5) is 0 Å². The molecule has 0 aliphatic heterocycles. The highest BCUT2D eigenvalue weighted by Crippen LogP contribution is 2.59. The van der Waals surface area contributed by atoms with Crippen LogP contribution in [0.2, 0.25) is 5.02 Å². The summed E-state index contributed by atoms with van der Waals surface area (Å²) in [6.07, 6.45) is 1.55. The van der Waals surface area contributed by atoms with Crippen molar-refractivity contribution in [3.05, 3.63) is 202 Å². The highest BCUT2D eigenvalue weighted by atomic mass is 35.5. The van der Waals surface area contributed by atoms with E-state index in [1.165, 1.54) is 0 Å². The molecule has 51 heavy (non-hydrogen) atoms. The lowest BCUT2D eigenvalue weighted by molar-refractivity contribution is -0.150. The molecule has 10 rings (SSSR count). The van der Waals surface area contributed by atoms with Gasteiger partial charge in [0.05, 0.1) is 11.3 Å². The third-order valence-electron chi connectivity index (χ3n) is 10.9. The van der Waals surface area contributed by atoms with Gasteiger partial charge in [-0.2, -0.15) is 0 Å². The van der Waals surface area contributed by atoms with E-state index < -0.39 is 28.9 Å². The van der Waals surface area contributed by atoms with Gasteiger partial charge in [-0.15, -0.1) is 0 Å². The molecule has 0 fully saturated rings. The first-order valence-electron chi connectivity index (χ1n) is 16.9. The van der Waals surface area contributed by atoms with E-state index >= 15 is 0 Å². The van der Waals surface area contributed by atoms with Crippen molar-refractivity contribution < 1.29 is 24.2 Å². The quantitative estimate of drug-likeness (QED) is 0.107. The number of ether oxygens (including phenoxy) is 2. The molecular weight excluding hydrogens is 656 g/mol. The van der Waals surface area contributed by atoms with Gasteiger partial charge in [-0.3, -0.25) is 4.79 Å². The molecule has 4 aliphatic carbocycles. The molecule has 2 bridgehead atoms. The maximum atomic E-state index is 14.1. The van der Waals surface area contributed by atoms with Crippen molar-refractivity contribution in [2.24, 2.45) is 5.92 Å². The van der Waals surface area contributed by atoms with Crippen LogP contribution in [0.3, 0.4) is 0 Å². The highest BCUT2D eigenvalue weighted by Gasteiger charge is 2.57. The fourth-order valence-electron chi connectivity index (χ4n) is 8.85. The van der Waals surface area contributed by atoms with Crippen molar-refractivity contribution in [2.45, 2.75) is 23.4 Å². The van der Waals surface area contributed by atoms with Gasteiger partial charge in [0, 0.05) is 17.0 Å². The number of fused-ring (bicyclic) bond motifs is 4. The number of carbonyl (C=O) groups is 2. The number of rotatable bonds is 6. The summed E-state index contributed by atoms with van der Waals surface area (Å²) in [6, 6.07) is 45.2. The second-order valence-electron chi connectivity index (χ2n) is 13.4. The van der Waals surface area contributed by atoms with Crippen LogP contribution in [-0.2, 0) is 20.6 Å². The van der Waals surface area contributed by atoms with E-state index in [9.17, 15) is 14.7 Å². The summed E-state index contributed by atoms with van der Waals surface area (Å²) in [5, 5.41) is 13.1. The van der Waals surface area contributed by atoms with Crippen molar-refractivity contribution in [1.29, 1.82) is 0 Å². The zero-order valence-electron chi connectivity index (χ0n) is 27.4. The Labute approximate surface area is 300 Å². The van der Waals surface area contributed by atoms with Gasteiger partial charge in [0.2, 0.25) is 0 Å². The van der Waals surface area contributed by atoms with Gasteiger partial charge in [-0.05, 0) is 98.5 Å². The first-order chi connectivity index (χ1) is 24.8. The van der Waals surface area contributed by atoms with Crippen molar-refractivity contribution in [2.75, 3.05) is 0 Å². The maximum absolute atomic E-state index is 14.1. The molecule has 3 atom stereocenters. The summed E-state index contributed by atoms with van der Waals surface area (Å²) in [5.74, 6) is -1.09. The predicted molar refractivity (Wildman–Crippen MR) is 196 cm³/mol. The van der Waals surface area contributed by atoms with Crippen molar-refractivity contribution in [3.63, 3.8) is 0 Å². The van der Waals surface area contributed by atoms with Gasteiger partial charge in [0.15, 0.2) is 0 Å². The first kappa shape index (κ1) is 31.2. The smallest absolute Gasteiger partial charge is 0.335 e. The topological polar surface area (TPSA) is 72.8 Å². The number of hydrogen-bond donors (Lipinski definition) is 1. The maximum Gasteiger partial charge on any atom is 0.335 e. The van der Waals surface area contributed by atoms with Gasteiger partial charge in [0.1, 0.15) is 17.1 Å². The summed E-state index contributed by atoms with van der Waals surface area (Å²) < 4.78 is 11.5. The average molecular weight is 687 g/mol. The second-order valence-corrected chi connectivity index (χ2v) is 13.8. The molecule has 0 saturated carbocycles. The van der Waals surface area contributed by atoms with Crippen molar-refractivity contribution >= 4 is 23.5 Å². The molecule has 0 aromatic heterocycles. The third kappa shape index (κ3) is 4.52. The van der Waals surface area contributed by atoms with Crippen LogP contribution in [0.25, 0.3) is 11.1 Å². The van der Waals surface area contributed by atoms with E-state index in [1.54, 1.807) is 18.2 Å². The van der Waals surface area contributed by atoms with E-state index in [-0.39, 0.29) is 5.92 Å². The zero-order chi connectivity index (χ0) is 34.9. The minimum Gasteiger partial charge on any atom is -0.426 e. The summed E-state index contributed by atoms with van der Waals surface area (Å²) in [7, 11) is 0. The minimum atomic E-state index is -1.55. The van der Waals surface area contributed by atoms with Crippen molar-refractivity contribution in [1.82, 2.24) is 0 Å². The van der Waals surface area contributed by atoms with Crippen LogP contribution in [0, 0.1) is 5.92 Å². The van der Waals surface area contributed by atoms with E-state index in [0.29, 0.717) is 28.5 Å². The van der Waals surface area contributed by atoms with Crippen LogP contribution in [-0.4, -0.2) is 17.0 Å². The molecule has 248 valence electrons. The average Bonchev–Trinajstić information content (AvgIpc) is 3.46. The lowest BCUT2D eigenvalue weighted by atomic mass is 9.56. The molecule has 6 heteroatoms. The van der Waals surface area contributed by atoms with Gasteiger partial charge >= 0.3 is 11.9 Å². The fraction of sp³-hybridized carbons (Fsp3) is 0.111. The predicted octanol–water partition coefficient (Wildman–Crippen LogP) is 9.10.